The maximum Gasteiger partial charge on any atom is 0.262 e. The van der Waals surface area contributed by atoms with E-state index in [1.807, 2.05) is 24.4 Å². The lowest BCUT2D eigenvalue weighted by Gasteiger charge is -1.91. The average molecular weight is 278 g/mol. The molecule has 92 valence electrons. The molecule has 3 heterocycles. The van der Waals surface area contributed by atoms with Crippen molar-refractivity contribution in [3.63, 3.8) is 0 Å². The second-order valence-electron chi connectivity index (χ2n) is 3.78. The van der Waals surface area contributed by atoms with Crippen LogP contribution in [0.25, 0.3) is 11.5 Å². The van der Waals surface area contributed by atoms with E-state index in [0.717, 1.165) is 11.3 Å². The fraction of sp³-hybridized carbons (Fsp3) is 0.182. The van der Waals surface area contributed by atoms with E-state index in [4.69, 9.17) is 10.3 Å². The molecule has 3 rings (SSSR count). The Morgan fingerprint density at radius 2 is 2.33 bits per heavy atom. The predicted octanol–water partition coefficient (Wildman–Crippen LogP) is 2.74. The van der Waals surface area contributed by atoms with Crippen molar-refractivity contribution in [2.45, 2.75) is 13.3 Å². The number of nitrogens with two attached hydrogens (primary N) is 1. The van der Waals surface area contributed by atoms with Gasteiger partial charge < -0.3 is 10.3 Å². The molecule has 0 saturated carbocycles. The van der Waals surface area contributed by atoms with Crippen molar-refractivity contribution >= 4 is 27.9 Å². The summed E-state index contributed by atoms with van der Waals surface area (Å²) >= 11 is 2.92. The fourth-order valence-electron chi connectivity index (χ4n) is 1.64. The van der Waals surface area contributed by atoms with Gasteiger partial charge in [0.05, 0.1) is 11.3 Å². The summed E-state index contributed by atoms with van der Waals surface area (Å²) in [7, 11) is 0. The van der Waals surface area contributed by atoms with Crippen LogP contribution in [0.2, 0.25) is 0 Å². The maximum absolute atomic E-state index is 5.85. The first-order valence-electron chi connectivity index (χ1n) is 5.31. The standard InChI is InChI=1S/C11H10N4OS2/c1-6-9(10(12)18-15-6)11-13-8(14-16-11)5-7-3-2-4-17-7/h2-4H,5,12H2,1H3. The molecule has 7 heteroatoms. The van der Waals surface area contributed by atoms with Gasteiger partial charge in [0.2, 0.25) is 0 Å². The topological polar surface area (TPSA) is 77.8 Å². The highest BCUT2D eigenvalue weighted by atomic mass is 32.1. The lowest BCUT2D eigenvalue weighted by atomic mass is 10.2. The minimum absolute atomic E-state index is 0.449. The zero-order valence-corrected chi connectivity index (χ0v) is 11.2. The van der Waals surface area contributed by atoms with Gasteiger partial charge in [-0.15, -0.1) is 11.3 Å². The molecule has 0 saturated heterocycles. The van der Waals surface area contributed by atoms with Crippen molar-refractivity contribution in [1.29, 1.82) is 0 Å². The number of nitrogen functional groups attached to an aromatic ring is 1. The summed E-state index contributed by atoms with van der Waals surface area (Å²) in [6.45, 7) is 1.88. The SMILES string of the molecule is Cc1nsc(N)c1-c1nc(Cc2cccs2)no1. The normalized spacial score (nSPS) is 10.9. The van der Waals surface area contributed by atoms with Gasteiger partial charge in [0.25, 0.3) is 5.89 Å². The Labute approximate surface area is 111 Å². The van der Waals surface area contributed by atoms with Gasteiger partial charge in [0.15, 0.2) is 5.82 Å². The molecule has 0 aliphatic heterocycles. The third-order valence-electron chi connectivity index (χ3n) is 2.48. The first kappa shape index (κ1) is 11.4. The predicted molar refractivity (Wildman–Crippen MR) is 71.7 cm³/mol. The van der Waals surface area contributed by atoms with E-state index in [1.54, 1.807) is 11.3 Å². The highest BCUT2D eigenvalue weighted by Crippen LogP contribution is 2.31. The Bertz CT molecular complexity index is 637. The van der Waals surface area contributed by atoms with Crippen molar-refractivity contribution in [3.05, 3.63) is 33.9 Å². The highest BCUT2D eigenvalue weighted by Gasteiger charge is 2.17. The molecular formula is C11H10N4OS2. The summed E-state index contributed by atoms with van der Waals surface area (Å²) in [6, 6.07) is 4.05. The van der Waals surface area contributed by atoms with Gasteiger partial charge in [-0.3, -0.25) is 0 Å². The number of hydrogen-bond acceptors (Lipinski definition) is 7. The molecule has 18 heavy (non-hydrogen) atoms. The quantitative estimate of drug-likeness (QED) is 0.797. The minimum atomic E-state index is 0.449. The van der Waals surface area contributed by atoms with Crippen molar-refractivity contribution in [1.82, 2.24) is 14.5 Å². The van der Waals surface area contributed by atoms with Crippen LogP contribution in [0.4, 0.5) is 5.00 Å². The van der Waals surface area contributed by atoms with E-state index >= 15 is 0 Å². The van der Waals surface area contributed by atoms with E-state index in [2.05, 4.69) is 14.5 Å². The second kappa shape index (κ2) is 4.51. The molecule has 0 aromatic carbocycles. The third-order valence-corrected chi connectivity index (χ3v) is 4.13. The van der Waals surface area contributed by atoms with Gasteiger partial charge in [0, 0.05) is 11.3 Å². The van der Waals surface area contributed by atoms with Gasteiger partial charge in [-0.05, 0) is 29.9 Å². The molecule has 0 radical (unpaired) electrons. The molecule has 0 fully saturated rings. The van der Waals surface area contributed by atoms with Crippen molar-refractivity contribution < 1.29 is 4.52 Å². The lowest BCUT2D eigenvalue weighted by molar-refractivity contribution is 0.424. The van der Waals surface area contributed by atoms with Gasteiger partial charge in [-0.25, -0.2) is 0 Å². The number of rotatable bonds is 3. The largest absolute Gasteiger partial charge is 0.389 e. The number of anilines is 1. The van der Waals surface area contributed by atoms with Gasteiger partial charge >= 0.3 is 0 Å². The summed E-state index contributed by atoms with van der Waals surface area (Å²) in [5.74, 6) is 1.11. The van der Waals surface area contributed by atoms with Crippen LogP contribution in [-0.4, -0.2) is 14.5 Å². The van der Waals surface area contributed by atoms with Crippen LogP contribution in [0.3, 0.4) is 0 Å². The highest BCUT2D eigenvalue weighted by molar-refractivity contribution is 7.10. The molecule has 2 N–H and O–H groups in total. The van der Waals surface area contributed by atoms with Crippen molar-refractivity contribution in [3.8, 4) is 11.5 Å². The summed E-state index contributed by atoms with van der Waals surface area (Å²) in [4.78, 5) is 5.57. The number of thiophene rings is 1. The molecule has 3 aromatic heterocycles. The summed E-state index contributed by atoms with van der Waals surface area (Å²) in [6.07, 6.45) is 0.678. The fourth-order valence-corrected chi connectivity index (χ4v) is 3.00. The minimum Gasteiger partial charge on any atom is -0.389 e. The van der Waals surface area contributed by atoms with Crippen LogP contribution in [0.5, 0.6) is 0 Å². The Morgan fingerprint density at radius 3 is 3.00 bits per heavy atom. The van der Waals surface area contributed by atoms with Crippen LogP contribution >= 0.6 is 22.9 Å². The van der Waals surface area contributed by atoms with Crippen molar-refractivity contribution in [2.24, 2.45) is 0 Å². The molecule has 0 bridgehead atoms. The van der Waals surface area contributed by atoms with Crippen LogP contribution in [-0.2, 0) is 6.42 Å². The summed E-state index contributed by atoms with van der Waals surface area (Å²) in [5.41, 5.74) is 7.43. The molecule has 5 nitrogen and oxygen atoms in total. The molecule has 0 atom stereocenters. The third kappa shape index (κ3) is 2.02. The molecule has 0 aliphatic rings. The van der Waals surface area contributed by atoms with Crippen LogP contribution < -0.4 is 5.73 Å². The van der Waals surface area contributed by atoms with Gasteiger partial charge in [-0.1, -0.05) is 11.2 Å². The van der Waals surface area contributed by atoms with E-state index in [0.29, 0.717) is 23.1 Å². The molecular weight excluding hydrogens is 268 g/mol. The lowest BCUT2D eigenvalue weighted by Crippen LogP contribution is -1.89. The number of aryl methyl sites for hydroxylation is 1. The smallest absolute Gasteiger partial charge is 0.262 e. The van der Waals surface area contributed by atoms with Crippen LogP contribution in [0.15, 0.2) is 22.0 Å². The molecule has 0 amide bonds. The number of aromatic nitrogens is 3. The van der Waals surface area contributed by atoms with E-state index in [1.165, 1.54) is 16.4 Å². The zero-order chi connectivity index (χ0) is 12.5. The Balaban J connectivity index is 1.90. The average Bonchev–Trinajstić information content (AvgIpc) is 3.04. The van der Waals surface area contributed by atoms with E-state index in [-0.39, 0.29) is 0 Å². The Kier molecular flexibility index (Phi) is 2.85. The number of hydrogen-bond donors (Lipinski definition) is 1. The van der Waals surface area contributed by atoms with Gasteiger partial charge in [0.1, 0.15) is 5.00 Å². The second-order valence-corrected chi connectivity index (χ2v) is 5.62. The number of nitrogens with zero attached hydrogens (tertiary/aromatic N) is 3. The monoisotopic (exact) mass is 278 g/mol. The first-order chi connectivity index (χ1) is 8.74. The van der Waals surface area contributed by atoms with E-state index < -0.39 is 0 Å². The Morgan fingerprint density at radius 1 is 1.44 bits per heavy atom. The zero-order valence-electron chi connectivity index (χ0n) is 9.58. The van der Waals surface area contributed by atoms with Gasteiger partial charge in [-0.2, -0.15) is 9.36 Å². The molecule has 0 aliphatic carbocycles. The molecule has 0 spiro atoms. The van der Waals surface area contributed by atoms with Crippen molar-refractivity contribution in [2.75, 3.05) is 5.73 Å². The van der Waals surface area contributed by atoms with Crippen LogP contribution in [0, 0.1) is 6.92 Å². The summed E-state index contributed by atoms with van der Waals surface area (Å²) in [5, 5.41) is 6.61. The summed E-state index contributed by atoms with van der Waals surface area (Å²) < 4.78 is 9.42. The van der Waals surface area contributed by atoms with E-state index in [9.17, 15) is 0 Å². The van der Waals surface area contributed by atoms with Crippen LogP contribution in [0.1, 0.15) is 16.4 Å². The maximum atomic E-state index is 5.85. The molecule has 0 unspecified atom stereocenters. The first-order valence-corrected chi connectivity index (χ1v) is 6.96. The molecule has 3 aromatic rings. The Hall–Kier alpha value is -1.73.